The predicted molar refractivity (Wildman–Crippen MR) is 193 cm³/mol. The van der Waals surface area contributed by atoms with E-state index in [9.17, 15) is 24.3 Å². The largest absolute Gasteiger partial charge is 0.506 e. The number of aromatic amines is 1. The van der Waals surface area contributed by atoms with Crippen molar-refractivity contribution in [3.8, 4) is 17.0 Å². The van der Waals surface area contributed by atoms with Crippen LogP contribution in [0.5, 0.6) is 5.75 Å². The lowest BCUT2D eigenvalue weighted by Gasteiger charge is -2.43. The molecule has 0 radical (unpaired) electrons. The lowest BCUT2D eigenvalue weighted by Crippen LogP contribution is -2.57. The maximum absolute atomic E-state index is 14.1. The number of aromatic hydroxyl groups is 1. The van der Waals surface area contributed by atoms with Gasteiger partial charge in [0.05, 0.1) is 14.6 Å². The Morgan fingerprint density at radius 1 is 0.857 bits per heavy atom. The molecule has 0 unspecified atom stereocenters. The number of piperazine rings is 1. The van der Waals surface area contributed by atoms with Crippen molar-refractivity contribution < 1.29 is 19.5 Å². The topological polar surface area (TPSA) is 134 Å². The Morgan fingerprint density at radius 3 is 2.06 bits per heavy atom. The fraction of sp³-hybridized carbons (Fsp3) is 0.486. The lowest BCUT2D eigenvalue weighted by atomic mass is 9.99. The highest BCUT2D eigenvalue weighted by Gasteiger charge is 2.34. The van der Waals surface area contributed by atoms with Crippen LogP contribution in [0.4, 0.5) is 4.79 Å². The Hall–Kier alpha value is -3.62. The molecular formula is C35H43Br2N7O5. The minimum atomic E-state index is -0.801. The molecule has 3 fully saturated rings. The number of halogens is 2. The Morgan fingerprint density at radius 2 is 1.45 bits per heavy atom. The summed E-state index contributed by atoms with van der Waals surface area (Å²) in [5, 5.41) is 13.3. The van der Waals surface area contributed by atoms with E-state index >= 15 is 0 Å². The molecule has 262 valence electrons. The molecule has 3 N–H and O–H groups in total. The van der Waals surface area contributed by atoms with Gasteiger partial charge in [0.2, 0.25) is 11.8 Å². The summed E-state index contributed by atoms with van der Waals surface area (Å²) in [6, 6.07) is 12.4. The fourth-order valence-electron chi connectivity index (χ4n) is 7.28. The van der Waals surface area contributed by atoms with Gasteiger partial charge in [-0.15, -0.1) is 0 Å². The average Bonchev–Trinajstić information content (AvgIpc) is 3.51. The molecule has 14 heteroatoms. The van der Waals surface area contributed by atoms with Crippen LogP contribution in [-0.4, -0.2) is 117 Å². The minimum Gasteiger partial charge on any atom is -0.506 e. The van der Waals surface area contributed by atoms with Gasteiger partial charge in [0.1, 0.15) is 11.8 Å². The van der Waals surface area contributed by atoms with Gasteiger partial charge in [-0.25, -0.2) is 9.59 Å². The fourth-order valence-corrected chi connectivity index (χ4v) is 8.56. The highest BCUT2D eigenvalue weighted by atomic mass is 79.9. The number of nitrogens with zero attached hydrogens (tertiary/aromatic N) is 5. The van der Waals surface area contributed by atoms with E-state index in [1.165, 1.54) is 0 Å². The van der Waals surface area contributed by atoms with E-state index in [1.807, 2.05) is 46.3 Å². The van der Waals surface area contributed by atoms with Gasteiger partial charge in [-0.2, -0.15) is 0 Å². The van der Waals surface area contributed by atoms with Crippen LogP contribution in [0.15, 0.2) is 62.4 Å². The quantitative estimate of drug-likeness (QED) is 0.329. The number of H-pyrrole nitrogens is 1. The molecule has 1 atom stereocenters. The monoisotopic (exact) mass is 799 g/mol. The van der Waals surface area contributed by atoms with Gasteiger partial charge in [-0.3, -0.25) is 19.1 Å². The number of amides is 4. The molecule has 1 aromatic heterocycles. The van der Waals surface area contributed by atoms with E-state index in [0.29, 0.717) is 54.0 Å². The Labute approximate surface area is 302 Å². The molecule has 0 bridgehead atoms. The number of aromatic nitrogens is 2. The van der Waals surface area contributed by atoms with Crippen molar-refractivity contribution in [1.82, 2.24) is 34.5 Å². The number of likely N-dealkylation sites (tertiary alicyclic amines) is 2. The second-order valence-corrected chi connectivity index (χ2v) is 14.9. The first kappa shape index (κ1) is 35.2. The van der Waals surface area contributed by atoms with Crippen LogP contribution in [0.2, 0.25) is 0 Å². The number of benzene rings is 2. The Kier molecular flexibility index (Phi) is 11.1. The van der Waals surface area contributed by atoms with E-state index in [2.05, 4.69) is 47.1 Å². The SMILES string of the molecule is CC(=O)N1CCN(C2CCN(C(=O)[C@H](Cc3cc(Br)c(O)c(Br)c3)NC(=O)N3CCC(n4cc(-c5ccccc5)[nH]c4=O)CC3)CC2)CC1. The maximum atomic E-state index is 14.1. The van der Waals surface area contributed by atoms with Crippen molar-refractivity contribution in [2.45, 2.75) is 57.2 Å². The minimum absolute atomic E-state index is 0.0406. The molecule has 3 aliphatic rings. The first-order valence-electron chi connectivity index (χ1n) is 16.9. The Balaban J connectivity index is 1.09. The summed E-state index contributed by atoms with van der Waals surface area (Å²) in [4.78, 5) is 63.2. The molecule has 4 heterocycles. The second kappa shape index (κ2) is 15.5. The predicted octanol–water partition coefficient (Wildman–Crippen LogP) is 4.19. The zero-order chi connectivity index (χ0) is 34.7. The van der Waals surface area contributed by atoms with Crippen molar-refractivity contribution in [2.24, 2.45) is 0 Å². The first-order chi connectivity index (χ1) is 23.6. The number of imidazole rings is 1. The number of piperidine rings is 2. The molecule has 12 nitrogen and oxygen atoms in total. The molecule has 0 saturated carbocycles. The summed E-state index contributed by atoms with van der Waals surface area (Å²) < 4.78 is 2.73. The van der Waals surface area contributed by atoms with Crippen LogP contribution < -0.4 is 11.0 Å². The average molecular weight is 802 g/mol. The van der Waals surface area contributed by atoms with Crippen LogP contribution in [0.3, 0.4) is 0 Å². The van der Waals surface area contributed by atoms with Gasteiger partial charge in [-0.1, -0.05) is 30.3 Å². The molecule has 6 rings (SSSR count). The van der Waals surface area contributed by atoms with Crippen LogP contribution in [-0.2, 0) is 16.0 Å². The molecular weight excluding hydrogens is 758 g/mol. The van der Waals surface area contributed by atoms with E-state index in [4.69, 9.17) is 0 Å². The molecule has 4 amide bonds. The molecule has 3 aliphatic heterocycles. The van der Waals surface area contributed by atoms with Gasteiger partial charge in [-0.05, 0) is 80.8 Å². The van der Waals surface area contributed by atoms with E-state index < -0.39 is 6.04 Å². The van der Waals surface area contributed by atoms with Crippen molar-refractivity contribution in [1.29, 1.82) is 0 Å². The summed E-state index contributed by atoms with van der Waals surface area (Å²) in [7, 11) is 0. The lowest BCUT2D eigenvalue weighted by molar-refractivity contribution is -0.136. The smallest absolute Gasteiger partial charge is 0.326 e. The van der Waals surface area contributed by atoms with Crippen LogP contribution in [0.1, 0.15) is 44.2 Å². The second-order valence-electron chi connectivity index (χ2n) is 13.2. The summed E-state index contributed by atoms with van der Waals surface area (Å²) in [5.74, 6) is 0.0525. The number of phenolic OH excluding ortho intramolecular Hbond substituents is 1. The maximum Gasteiger partial charge on any atom is 0.326 e. The highest BCUT2D eigenvalue weighted by molar-refractivity contribution is 9.11. The van der Waals surface area contributed by atoms with E-state index in [1.54, 1.807) is 28.5 Å². The zero-order valence-corrected chi connectivity index (χ0v) is 30.8. The van der Waals surface area contributed by atoms with Gasteiger partial charge in [0.15, 0.2) is 0 Å². The number of phenols is 1. The summed E-state index contributed by atoms with van der Waals surface area (Å²) >= 11 is 6.78. The van der Waals surface area contributed by atoms with Crippen LogP contribution >= 0.6 is 31.9 Å². The summed E-state index contributed by atoms with van der Waals surface area (Å²) in [6.45, 7) is 6.84. The zero-order valence-electron chi connectivity index (χ0n) is 27.6. The molecule has 3 saturated heterocycles. The van der Waals surface area contributed by atoms with Gasteiger partial charge >= 0.3 is 11.7 Å². The molecule has 0 spiro atoms. The third-order valence-corrected chi connectivity index (χ3v) is 11.3. The van der Waals surface area contributed by atoms with E-state index in [-0.39, 0.29) is 41.7 Å². The van der Waals surface area contributed by atoms with Crippen molar-refractivity contribution in [2.75, 3.05) is 52.4 Å². The Bertz CT molecular complexity index is 1680. The van der Waals surface area contributed by atoms with Crippen molar-refractivity contribution in [3.05, 3.63) is 73.7 Å². The normalized spacial score (nSPS) is 18.8. The van der Waals surface area contributed by atoms with Crippen molar-refractivity contribution in [3.63, 3.8) is 0 Å². The summed E-state index contributed by atoms with van der Waals surface area (Å²) in [6.07, 6.45) is 5.01. The highest BCUT2D eigenvalue weighted by Crippen LogP contribution is 2.34. The van der Waals surface area contributed by atoms with Gasteiger partial charge in [0, 0.05) is 84.0 Å². The van der Waals surface area contributed by atoms with Crippen molar-refractivity contribution >= 4 is 49.7 Å². The standard InChI is InChI=1S/C35H43Br2N7O5/c1-23(45)40-15-17-41(18-16-40)26-7-11-42(12-8-26)33(47)30(21-24-19-28(36)32(46)29(37)20-24)38-34(48)43-13-9-27(10-14-43)44-22-31(39-35(44)49)25-5-3-2-4-6-25/h2-6,19-20,22,26-27,30,46H,7-18,21H2,1H3,(H,38,48)(H,39,49)/t30-/m0/s1. The first-order valence-corrected chi connectivity index (χ1v) is 18.5. The number of carbonyl (C=O) groups is 3. The number of hydrogen-bond acceptors (Lipinski definition) is 6. The number of hydrogen-bond donors (Lipinski definition) is 3. The third kappa shape index (κ3) is 8.24. The van der Waals surface area contributed by atoms with E-state index in [0.717, 1.165) is 55.8 Å². The molecule has 0 aliphatic carbocycles. The van der Waals surface area contributed by atoms with Gasteiger partial charge < -0.3 is 30.1 Å². The molecule has 3 aromatic rings. The summed E-state index contributed by atoms with van der Waals surface area (Å²) in [5.41, 5.74) is 2.32. The number of urea groups is 1. The molecule has 49 heavy (non-hydrogen) atoms. The molecule has 2 aromatic carbocycles. The number of rotatable bonds is 7. The van der Waals surface area contributed by atoms with Gasteiger partial charge in [0.25, 0.3) is 0 Å². The number of carbonyl (C=O) groups excluding carboxylic acids is 3. The van der Waals surface area contributed by atoms with Crippen LogP contribution in [0, 0.1) is 0 Å². The third-order valence-electron chi connectivity index (χ3n) is 10.1. The number of nitrogens with one attached hydrogen (secondary N) is 2. The van der Waals surface area contributed by atoms with Crippen LogP contribution in [0.25, 0.3) is 11.3 Å².